The van der Waals surface area contributed by atoms with Crippen molar-refractivity contribution in [1.29, 1.82) is 0 Å². The minimum Gasteiger partial charge on any atom is -0.279 e. The van der Waals surface area contributed by atoms with Gasteiger partial charge in [0, 0.05) is 31.5 Å². The Kier molecular flexibility index (Phi) is 4.16. The van der Waals surface area contributed by atoms with Gasteiger partial charge in [-0.25, -0.2) is 4.79 Å². The fraction of sp³-hybridized carbons (Fsp3) is 0.136. The van der Waals surface area contributed by atoms with Gasteiger partial charge >= 0.3 is 11.9 Å². The number of aromatic nitrogens is 5. The van der Waals surface area contributed by atoms with Crippen molar-refractivity contribution >= 4 is 16.9 Å². The van der Waals surface area contributed by atoms with Crippen LogP contribution in [0.1, 0.15) is 5.56 Å². The number of hydrogen-bond acceptors (Lipinski definition) is 3. The first kappa shape index (κ1) is 19.9. The summed E-state index contributed by atoms with van der Waals surface area (Å²) in [6, 6.07) is 14.0. The zero-order valence-corrected chi connectivity index (χ0v) is 17.0. The van der Waals surface area contributed by atoms with E-state index in [4.69, 9.17) is 0 Å². The lowest BCUT2D eigenvalue weighted by Crippen LogP contribution is -2.37. The number of nitrogens with zero attached hydrogens (tertiary/aromatic N) is 5. The number of aryl methyl sites for hydroxylation is 1. The molecule has 32 heavy (non-hydrogen) atoms. The minimum absolute atomic E-state index is 0.147. The molecule has 5 aromatic rings. The Balaban J connectivity index is 1.95. The highest BCUT2D eigenvalue weighted by atomic mass is 19.4. The third-order valence-electron chi connectivity index (χ3n) is 5.47. The second-order valence-corrected chi connectivity index (χ2v) is 7.42. The van der Waals surface area contributed by atoms with E-state index in [1.165, 1.54) is 35.2 Å². The molecule has 0 saturated heterocycles. The van der Waals surface area contributed by atoms with Crippen LogP contribution < -0.4 is 11.2 Å². The summed E-state index contributed by atoms with van der Waals surface area (Å²) < 4.78 is 45.5. The van der Waals surface area contributed by atoms with Crippen LogP contribution in [0.2, 0.25) is 0 Å². The number of rotatable bonds is 2. The van der Waals surface area contributed by atoms with Gasteiger partial charge in [0.1, 0.15) is 0 Å². The van der Waals surface area contributed by atoms with Gasteiger partial charge in [0.2, 0.25) is 5.78 Å². The molecule has 0 atom stereocenters. The minimum atomic E-state index is -4.52. The largest absolute Gasteiger partial charge is 0.416 e. The van der Waals surface area contributed by atoms with E-state index in [1.54, 1.807) is 10.8 Å². The Morgan fingerprint density at radius 3 is 2.31 bits per heavy atom. The maximum absolute atomic E-state index is 13.4. The molecule has 3 heterocycles. The number of fused-ring (bicyclic) bond motifs is 3. The normalized spacial score (nSPS) is 12.2. The molecule has 0 aliphatic heterocycles. The quantitative estimate of drug-likeness (QED) is 0.424. The molecule has 0 N–H and O–H groups in total. The van der Waals surface area contributed by atoms with E-state index in [0.717, 1.165) is 22.3 Å². The smallest absolute Gasteiger partial charge is 0.279 e. The Bertz CT molecular complexity index is 1620. The Morgan fingerprint density at radius 2 is 1.62 bits per heavy atom. The summed E-state index contributed by atoms with van der Waals surface area (Å²) in [7, 11) is 2.86. The molecule has 0 radical (unpaired) electrons. The van der Waals surface area contributed by atoms with E-state index in [0.29, 0.717) is 5.69 Å². The first-order valence-corrected chi connectivity index (χ1v) is 9.61. The number of benzene rings is 2. The zero-order valence-electron chi connectivity index (χ0n) is 17.0. The number of alkyl halides is 3. The fourth-order valence-electron chi connectivity index (χ4n) is 3.86. The molecule has 10 heteroatoms. The van der Waals surface area contributed by atoms with Crippen molar-refractivity contribution in [1.82, 2.24) is 23.1 Å². The van der Waals surface area contributed by atoms with Crippen molar-refractivity contribution in [3.05, 3.63) is 87.2 Å². The lowest BCUT2D eigenvalue weighted by atomic mass is 10.1. The van der Waals surface area contributed by atoms with Crippen LogP contribution in [0.25, 0.3) is 33.9 Å². The third-order valence-corrected chi connectivity index (χ3v) is 5.47. The molecule has 162 valence electrons. The first-order valence-electron chi connectivity index (χ1n) is 9.61. The van der Waals surface area contributed by atoms with Crippen molar-refractivity contribution in [3.8, 4) is 16.9 Å². The monoisotopic (exact) mass is 439 g/mol. The summed E-state index contributed by atoms with van der Waals surface area (Å²) in [6.45, 7) is 0. The topological polar surface area (TPSA) is 66.2 Å². The molecule has 0 spiro atoms. The maximum Gasteiger partial charge on any atom is 0.416 e. The summed E-state index contributed by atoms with van der Waals surface area (Å²) in [4.78, 5) is 29.7. The first-order chi connectivity index (χ1) is 15.2. The second kappa shape index (κ2) is 6.71. The van der Waals surface area contributed by atoms with E-state index in [1.807, 2.05) is 30.3 Å². The summed E-state index contributed by atoms with van der Waals surface area (Å²) in [5, 5.41) is 0. The Morgan fingerprint density at radius 1 is 0.906 bits per heavy atom. The van der Waals surface area contributed by atoms with E-state index < -0.39 is 23.0 Å². The summed E-state index contributed by atoms with van der Waals surface area (Å²) in [6.07, 6.45) is -2.88. The van der Waals surface area contributed by atoms with Gasteiger partial charge in [-0.05, 0) is 18.2 Å². The molecular formula is C22H16F3N5O2. The van der Waals surface area contributed by atoms with Gasteiger partial charge in [-0.3, -0.25) is 22.9 Å². The van der Waals surface area contributed by atoms with Gasteiger partial charge in [-0.15, -0.1) is 0 Å². The highest BCUT2D eigenvalue weighted by molar-refractivity contribution is 5.79. The van der Waals surface area contributed by atoms with Gasteiger partial charge in [0.05, 0.1) is 11.3 Å². The van der Waals surface area contributed by atoms with Crippen molar-refractivity contribution in [2.24, 2.45) is 14.1 Å². The Labute approximate surface area is 178 Å². The second-order valence-electron chi connectivity index (χ2n) is 7.42. The number of imidazole rings is 2. The van der Waals surface area contributed by atoms with Crippen LogP contribution in [-0.4, -0.2) is 23.1 Å². The molecule has 0 amide bonds. The van der Waals surface area contributed by atoms with Gasteiger partial charge in [-0.1, -0.05) is 36.4 Å². The van der Waals surface area contributed by atoms with Crippen LogP contribution in [0.5, 0.6) is 0 Å². The van der Waals surface area contributed by atoms with Crippen LogP contribution in [0.4, 0.5) is 13.2 Å². The molecule has 7 nitrogen and oxygen atoms in total. The molecule has 2 aromatic carbocycles. The molecule has 0 bridgehead atoms. The average molecular weight is 439 g/mol. The highest BCUT2D eigenvalue weighted by Crippen LogP contribution is 2.33. The van der Waals surface area contributed by atoms with Crippen molar-refractivity contribution in [3.63, 3.8) is 0 Å². The number of hydrogen-bond donors (Lipinski definition) is 0. The molecule has 0 fully saturated rings. The molecule has 3 aromatic heterocycles. The molecule has 0 aliphatic carbocycles. The summed E-state index contributed by atoms with van der Waals surface area (Å²) in [5.41, 5.74) is -0.0870. The highest BCUT2D eigenvalue weighted by Gasteiger charge is 2.31. The van der Waals surface area contributed by atoms with Crippen LogP contribution in [0, 0.1) is 0 Å². The van der Waals surface area contributed by atoms with E-state index in [-0.39, 0.29) is 22.6 Å². The van der Waals surface area contributed by atoms with Crippen LogP contribution >= 0.6 is 0 Å². The molecule has 5 rings (SSSR count). The molecule has 0 saturated carbocycles. The molecule has 0 aliphatic rings. The summed E-state index contributed by atoms with van der Waals surface area (Å²) in [5.74, 6) is 0.219. The van der Waals surface area contributed by atoms with Crippen LogP contribution in [0.3, 0.4) is 0 Å². The third kappa shape index (κ3) is 2.79. The van der Waals surface area contributed by atoms with Gasteiger partial charge < -0.3 is 0 Å². The standard InChI is InChI=1S/C22H16F3N5O2/c1-27-18-17(19(31)28(2)21(27)32)29-12-16(13-7-4-3-5-8-13)30(20(29)26-18)15-10-6-9-14(11-15)22(23,24)25/h3-12H,1-2H3. The molecular weight excluding hydrogens is 423 g/mol. The zero-order chi connectivity index (χ0) is 22.8. The SMILES string of the molecule is Cn1c(=O)c2c(nc3n(-c4cccc(C(F)(F)F)c4)c(-c4ccccc4)cn23)n(C)c1=O. The Hall–Kier alpha value is -4.08. The van der Waals surface area contributed by atoms with Crippen molar-refractivity contribution in [2.75, 3.05) is 0 Å². The predicted molar refractivity (Wildman–Crippen MR) is 113 cm³/mol. The number of halogens is 3. The van der Waals surface area contributed by atoms with E-state index >= 15 is 0 Å². The maximum atomic E-state index is 13.4. The fourth-order valence-corrected chi connectivity index (χ4v) is 3.86. The van der Waals surface area contributed by atoms with Crippen LogP contribution in [0.15, 0.2) is 70.4 Å². The summed E-state index contributed by atoms with van der Waals surface area (Å²) >= 11 is 0. The molecule has 0 unspecified atom stereocenters. The predicted octanol–water partition coefficient (Wildman–Crippen LogP) is 3.36. The lowest BCUT2D eigenvalue weighted by molar-refractivity contribution is -0.137. The lowest BCUT2D eigenvalue weighted by Gasteiger charge is -2.12. The van der Waals surface area contributed by atoms with Crippen LogP contribution in [-0.2, 0) is 20.3 Å². The van der Waals surface area contributed by atoms with Crippen molar-refractivity contribution < 1.29 is 13.2 Å². The van der Waals surface area contributed by atoms with Gasteiger partial charge in [0.25, 0.3) is 5.56 Å². The van der Waals surface area contributed by atoms with E-state index in [9.17, 15) is 22.8 Å². The van der Waals surface area contributed by atoms with Gasteiger partial charge in [0.15, 0.2) is 11.2 Å². The van der Waals surface area contributed by atoms with E-state index in [2.05, 4.69) is 4.98 Å². The van der Waals surface area contributed by atoms with Gasteiger partial charge in [-0.2, -0.15) is 18.2 Å². The van der Waals surface area contributed by atoms with Crippen molar-refractivity contribution in [2.45, 2.75) is 6.18 Å². The average Bonchev–Trinajstić information content (AvgIpc) is 3.32.